The van der Waals surface area contributed by atoms with Crippen LogP contribution in [0.4, 0.5) is 0 Å². The van der Waals surface area contributed by atoms with Gasteiger partial charge in [-0.05, 0) is 35.4 Å². The summed E-state index contributed by atoms with van der Waals surface area (Å²) >= 11 is 0. The van der Waals surface area contributed by atoms with Crippen LogP contribution in [0.2, 0.25) is 0 Å². The fraction of sp³-hybridized carbons (Fsp3) is 0.200. The molecule has 0 bridgehead atoms. The van der Waals surface area contributed by atoms with Gasteiger partial charge >= 0.3 is 0 Å². The number of hydrogen-bond acceptors (Lipinski definition) is 4. The van der Waals surface area contributed by atoms with Crippen LogP contribution in [-0.2, 0) is 13.1 Å². The van der Waals surface area contributed by atoms with Crippen LogP contribution in [0.3, 0.4) is 0 Å². The van der Waals surface area contributed by atoms with Crippen LogP contribution in [0.25, 0.3) is 11.5 Å². The number of aromatic nitrogens is 1. The van der Waals surface area contributed by atoms with Crippen molar-refractivity contribution in [1.29, 1.82) is 0 Å². The Labute approximate surface area is 150 Å². The van der Waals surface area contributed by atoms with Gasteiger partial charge in [0.15, 0.2) is 0 Å². The minimum Gasteiger partial charge on any atom is -0.463 e. The van der Waals surface area contributed by atoms with E-state index in [1.54, 1.807) is 18.2 Å². The van der Waals surface area contributed by atoms with Crippen LogP contribution >= 0.6 is 0 Å². The van der Waals surface area contributed by atoms with E-state index >= 15 is 0 Å². The first kappa shape index (κ1) is 16.4. The number of pyridine rings is 1. The minimum atomic E-state index is -0.426. The van der Waals surface area contributed by atoms with Gasteiger partial charge in [0.2, 0.25) is 0 Å². The van der Waals surface area contributed by atoms with Crippen molar-refractivity contribution in [3.63, 3.8) is 0 Å². The molecule has 0 radical (unpaired) electrons. The van der Waals surface area contributed by atoms with Gasteiger partial charge in [0, 0.05) is 26.2 Å². The van der Waals surface area contributed by atoms with E-state index in [2.05, 4.69) is 27.3 Å². The van der Waals surface area contributed by atoms with Crippen LogP contribution in [0.5, 0.6) is 0 Å². The highest BCUT2D eigenvalue weighted by atomic mass is 16.3. The zero-order chi connectivity index (χ0) is 17.9. The second kappa shape index (κ2) is 7.01. The Kier molecular flexibility index (Phi) is 4.41. The molecule has 1 aliphatic heterocycles. The molecule has 0 fully saturated rings. The van der Waals surface area contributed by atoms with E-state index in [4.69, 9.17) is 4.42 Å². The molecule has 6 heteroatoms. The van der Waals surface area contributed by atoms with Gasteiger partial charge in [0.1, 0.15) is 11.3 Å². The summed E-state index contributed by atoms with van der Waals surface area (Å²) in [5.41, 5.74) is 2.90. The van der Waals surface area contributed by atoms with Gasteiger partial charge in [0.05, 0.1) is 12.0 Å². The molecule has 1 aliphatic rings. The van der Waals surface area contributed by atoms with E-state index in [-0.39, 0.29) is 11.5 Å². The number of furan rings is 1. The molecule has 3 heterocycles. The first-order valence-corrected chi connectivity index (χ1v) is 8.55. The third-order valence-electron chi connectivity index (χ3n) is 4.56. The predicted octanol–water partition coefficient (Wildman–Crippen LogP) is 2.38. The Morgan fingerprint density at radius 1 is 1.08 bits per heavy atom. The molecule has 2 N–H and O–H groups in total. The zero-order valence-corrected chi connectivity index (χ0v) is 14.2. The summed E-state index contributed by atoms with van der Waals surface area (Å²) in [7, 11) is 0. The number of hydrogen-bond donors (Lipinski definition) is 2. The quantitative estimate of drug-likeness (QED) is 0.741. The van der Waals surface area contributed by atoms with Crippen molar-refractivity contribution >= 4 is 5.91 Å². The minimum absolute atomic E-state index is 0.102. The molecule has 0 saturated carbocycles. The maximum absolute atomic E-state index is 12.3. The maximum atomic E-state index is 12.3. The molecule has 26 heavy (non-hydrogen) atoms. The summed E-state index contributed by atoms with van der Waals surface area (Å²) in [5.74, 6) is 0.191. The molecule has 0 unspecified atom stereocenters. The Balaban J connectivity index is 1.34. The molecule has 0 saturated heterocycles. The van der Waals surface area contributed by atoms with Gasteiger partial charge in [-0.2, -0.15) is 0 Å². The lowest BCUT2D eigenvalue weighted by Gasteiger charge is -2.15. The van der Waals surface area contributed by atoms with E-state index in [0.717, 1.165) is 19.6 Å². The van der Waals surface area contributed by atoms with E-state index in [1.165, 1.54) is 23.5 Å². The molecular formula is C20H19N3O3. The number of H-pyrrole nitrogens is 1. The van der Waals surface area contributed by atoms with Gasteiger partial charge in [-0.15, -0.1) is 0 Å². The van der Waals surface area contributed by atoms with Crippen molar-refractivity contribution in [3.05, 3.63) is 81.8 Å². The van der Waals surface area contributed by atoms with Crippen molar-refractivity contribution in [2.75, 3.05) is 13.1 Å². The summed E-state index contributed by atoms with van der Waals surface area (Å²) in [5, 5.41) is 2.82. The Morgan fingerprint density at radius 2 is 1.85 bits per heavy atom. The van der Waals surface area contributed by atoms with Crippen molar-refractivity contribution in [1.82, 2.24) is 15.2 Å². The third-order valence-corrected chi connectivity index (χ3v) is 4.56. The van der Waals surface area contributed by atoms with Gasteiger partial charge in [0.25, 0.3) is 11.5 Å². The molecule has 0 spiro atoms. The van der Waals surface area contributed by atoms with Crippen LogP contribution in [0, 0.1) is 0 Å². The molecular weight excluding hydrogens is 330 g/mol. The van der Waals surface area contributed by atoms with E-state index in [0.29, 0.717) is 18.0 Å². The van der Waals surface area contributed by atoms with Crippen LogP contribution < -0.4 is 10.9 Å². The largest absolute Gasteiger partial charge is 0.463 e. The monoisotopic (exact) mass is 349 g/mol. The molecule has 1 amide bonds. The highest BCUT2D eigenvalue weighted by molar-refractivity contribution is 5.94. The fourth-order valence-corrected chi connectivity index (χ4v) is 3.21. The lowest BCUT2D eigenvalue weighted by molar-refractivity contribution is 0.0946. The van der Waals surface area contributed by atoms with Gasteiger partial charge in [-0.3, -0.25) is 14.5 Å². The van der Waals surface area contributed by atoms with Crippen LogP contribution in [-0.4, -0.2) is 28.9 Å². The van der Waals surface area contributed by atoms with E-state index < -0.39 is 5.56 Å². The molecule has 3 aromatic rings. The number of carbonyl (C=O) groups is 1. The lowest BCUT2D eigenvalue weighted by Crippen LogP contribution is -2.35. The van der Waals surface area contributed by atoms with Crippen molar-refractivity contribution < 1.29 is 9.21 Å². The normalized spacial score (nSPS) is 13.5. The number of carbonyl (C=O) groups excluding carboxylic acids is 1. The van der Waals surface area contributed by atoms with Gasteiger partial charge in [-0.25, -0.2) is 0 Å². The molecule has 2 aromatic heterocycles. The summed E-state index contributed by atoms with van der Waals surface area (Å²) < 4.78 is 5.25. The molecule has 132 valence electrons. The standard InChI is InChI=1S/C20H19N3O3/c24-19(16-7-8-17(22-20(16)25)18-6-3-11-26-18)21-9-10-23-12-14-4-1-2-5-15(14)13-23/h1-8,11H,9-10,12-13H2,(H,21,24)(H,22,25). The topological polar surface area (TPSA) is 78.3 Å². The Bertz CT molecular complexity index is 951. The van der Waals surface area contributed by atoms with E-state index in [1.807, 2.05) is 12.1 Å². The first-order chi connectivity index (χ1) is 12.7. The second-order valence-electron chi connectivity index (χ2n) is 6.33. The number of benzene rings is 1. The summed E-state index contributed by atoms with van der Waals surface area (Å²) in [4.78, 5) is 29.4. The summed E-state index contributed by atoms with van der Waals surface area (Å²) in [6.45, 7) is 3.02. The lowest BCUT2D eigenvalue weighted by atomic mass is 10.1. The highest BCUT2D eigenvalue weighted by Gasteiger charge is 2.18. The van der Waals surface area contributed by atoms with Crippen molar-refractivity contribution in [3.8, 4) is 11.5 Å². The third kappa shape index (κ3) is 3.32. The molecule has 4 rings (SSSR count). The average molecular weight is 349 g/mol. The first-order valence-electron chi connectivity index (χ1n) is 8.55. The molecule has 6 nitrogen and oxygen atoms in total. The molecule has 0 atom stereocenters. The number of amides is 1. The summed E-state index contributed by atoms with van der Waals surface area (Å²) in [6, 6.07) is 15.0. The number of fused-ring (bicyclic) bond motifs is 1. The average Bonchev–Trinajstić information content (AvgIpc) is 3.31. The summed E-state index contributed by atoms with van der Waals surface area (Å²) in [6.07, 6.45) is 1.53. The van der Waals surface area contributed by atoms with E-state index in [9.17, 15) is 9.59 Å². The number of nitrogens with one attached hydrogen (secondary N) is 2. The molecule has 1 aromatic carbocycles. The smallest absolute Gasteiger partial charge is 0.261 e. The molecule has 0 aliphatic carbocycles. The van der Waals surface area contributed by atoms with Crippen molar-refractivity contribution in [2.24, 2.45) is 0 Å². The fourth-order valence-electron chi connectivity index (χ4n) is 3.21. The number of nitrogens with zero attached hydrogens (tertiary/aromatic N) is 1. The number of aromatic amines is 1. The zero-order valence-electron chi connectivity index (χ0n) is 14.2. The Morgan fingerprint density at radius 3 is 2.50 bits per heavy atom. The number of rotatable bonds is 5. The van der Waals surface area contributed by atoms with Gasteiger partial charge < -0.3 is 14.7 Å². The highest BCUT2D eigenvalue weighted by Crippen LogP contribution is 2.21. The van der Waals surface area contributed by atoms with Crippen molar-refractivity contribution in [2.45, 2.75) is 13.1 Å². The van der Waals surface area contributed by atoms with Crippen LogP contribution in [0.15, 0.2) is 64.0 Å². The predicted molar refractivity (Wildman–Crippen MR) is 97.7 cm³/mol. The van der Waals surface area contributed by atoms with Crippen LogP contribution in [0.1, 0.15) is 21.5 Å². The second-order valence-corrected chi connectivity index (χ2v) is 6.33. The maximum Gasteiger partial charge on any atom is 0.261 e. The Hall–Kier alpha value is -3.12. The SMILES string of the molecule is O=C(NCCN1Cc2ccccc2C1)c1ccc(-c2ccco2)[nH]c1=O. The van der Waals surface area contributed by atoms with Gasteiger partial charge in [-0.1, -0.05) is 24.3 Å².